The Balaban J connectivity index is 2.39. The summed E-state index contributed by atoms with van der Waals surface area (Å²) in [6.07, 6.45) is -0.228. The van der Waals surface area contributed by atoms with E-state index in [9.17, 15) is 9.59 Å². The maximum Gasteiger partial charge on any atom is 0.255 e. The van der Waals surface area contributed by atoms with Crippen LogP contribution < -0.4 is 0 Å². The molecule has 0 bridgehead atoms. The molecule has 2 atom stereocenters. The van der Waals surface area contributed by atoms with Crippen LogP contribution in [0.1, 0.15) is 38.1 Å². The van der Waals surface area contributed by atoms with Crippen molar-refractivity contribution in [2.75, 3.05) is 13.6 Å². The third-order valence-corrected chi connectivity index (χ3v) is 3.96. The lowest BCUT2D eigenvalue weighted by Gasteiger charge is -2.50. The van der Waals surface area contributed by atoms with Crippen molar-refractivity contribution in [3.8, 4) is 0 Å². The molecule has 114 valence electrons. The topological polar surface area (TPSA) is 40.6 Å². The van der Waals surface area contributed by atoms with Gasteiger partial charge in [0.2, 0.25) is 5.91 Å². The molecule has 1 aromatic rings. The van der Waals surface area contributed by atoms with Crippen LogP contribution in [-0.4, -0.2) is 41.4 Å². The Morgan fingerprint density at radius 3 is 2.29 bits per heavy atom. The molecule has 0 aliphatic carbocycles. The zero-order valence-corrected chi connectivity index (χ0v) is 13.5. The van der Waals surface area contributed by atoms with Crippen LogP contribution in [-0.2, 0) is 4.79 Å². The lowest BCUT2D eigenvalue weighted by atomic mass is 9.86. The average molecular weight is 288 g/mol. The van der Waals surface area contributed by atoms with Gasteiger partial charge in [-0.1, -0.05) is 45.9 Å². The van der Waals surface area contributed by atoms with Gasteiger partial charge in [0.15, 0.2) is 0 Å². The second kappa shape index (κ2) is 5.51. The van der Waals surface area contributed by atoms with Crippen LogP contribution >= 0.6 is 0 Å². The van der Waals surface area contributed by atoms with E-state index in [4.69, 9.17) is 0 Å². The molecule has 2 amide bonds. The van der Waals surface area contributed by atoms with E-state index in [1.54, 1.807) is 11.9 Å². The highest BCUT2D eigenvalue weighted by molar-refractivity contribution is 5.95. The van der Waals surface area contributed by atoms with E-state index in [0.717, 1.165) is 0 Å². The van der Waals surface area contributed by atoms with Crippen molar-refractivity contribution in [1.82, 2.24) is 9.80 Å². The lowest BCUT2D eigenvalue weighted by Crippen LogP contribution is -2.64. The molecule has 1 aliphatic rings. The van der Waals surface area contributed by atoms with Gasteiger partial charge in [-0.25, -0.2) is 0 Å². The fourth-order valence-electron chi connectivity index (χ4n) is 3.14. The molecule has 0 unspecified atom stereocenters. The second-order valence-corrected chi connectivity index (χ2v) is 6.91. The van der Waals surface area contributed by atoms with E-state index in [1.807, 2.05) is 42.2 Å². The molecule has 0 aromatic heterocycles. The third kappa shape index (κ3) is 2.94. The molecule has 1 aliphatic heterocycles. The average Bonchev–Trinajstić information content (AvgIpc) is 2.43. The van der Waals surface area contributed by atoms with Crippen LogP contribution in [0.4, 0.5) is 0 Å². The highest BCUT2D eigenvalue weighted by Gasteiger charge is 2.44. The van der Waals surface area contributed by atoms with Gasteiger partial charge < -0.3 is 9.80 Å². The smallest absolute Gasteiger partial charge is 0.255 e. The molecular formula is C17H24N2O2. The summed E-state index contributed by atoms with van der Waals surface area (Å²) < 4.78 is 0. The van der Waals surface area contributed by atoms with Gasteiger partial charge in [0.1, 0.15) is 6.17 Å². The van der Waals surface area contributed by atoms with E-state index in [0.29, 0.717) is 12.1 Å². The number of nitrogens with zero attached hydrogens (tertiary/aromatic N) is 2. The molecule has 4 heteroatoms. The summed E-state index contributed by atoms with van der Waals surface area (Å²) in [6.45, 7) is 8.52. The molecular weight excluding hydrogens is 264 g/mol. The predicted octanol–water partition coefficient (Wildman–Crippen LogP) is 2.61. The number of carbonyl (C=O) groups is 2. The fraction of sp³-hybridized carbons (Fsp3) is 0.529. The quantitative estimate of drug-likeness (QED) is 0.797. The largest absolute Gasteiger partial charge is 0.324 e. The van der Waals surface area contributed by atoms with Crippen molar-refractivity contribution in [3.63, 3.8) is 0 Å². The molecule has 2 rings (SSSR count). The summed E-state index contributed by atoms with van der Waals surface area (Å²) >= 11 is 0. The minimum Gasteiger partial charge on any atom is -0.324 e. The monoisotopic (exact) mass is 288 g/mol. The van der Waals surface area contributed by atoms with E-state index >= 15 is 0 Å². The lowest BCUT2D eigenvalue weighted by molar-refractivity contribution is -0.151. The number of hydrogen-bond donors (Lipinski definition) is 0. The maximum absolute atomic E-state index is 12.8. The normalized spacial score (nSPS) is 23.4. The van der Waals surface area contributed by atoms with Crippen molar-refractivity contribution >= 4 is 11.8 Å². The Morgan fingerprint density at radius 1 is 1.19 bits per heavy atom. The Bertz CT molecular complexity index is 533. The Hall–Kier alpha value is -1.84. The molecule has 1 saturated heterocycles. The number of carbonyl (C=O) groups excluding carboxylic acids is 2. The number of amides is 2. The van der Waals surface area contributed by atoms with Crippen LogP contribution in [0, 0.1) is 11.3 Å². The maximum atomic E-state index is 12.8. The van der Waals surface area contributed by atoms with Crippen molar-refractivity contribution in [2.24, 2.45) is 11.3 Å². The van der Waals surface area contributed by atoms with E-state index in [-0.39, 0.29) is 29.3 Å². The van der Waals surface area contributed by atoms with Gasteiger partial charge in [0, 0.05) is 24.6 Å². The van der Waals surface area contributed by atoms with Crippen molar-refractivity contribution in [1.29, 1.82) is 0 Å². The van der Waals surface area contributed by atoms with Gasteiger partial charge in [-0.05, 0) is 12.1 Å². The van der Waals surface area contributed by atoms with Gasteiger partial charge in [-0.2, -0.15) is 0 Å². The van der Waals surface area contributed by atoms with Gasteiger partial charge >= 0.3 is 0 Å². The number of benzene rings is 1. The first kappa shape index (κ1) is 15.5. The molecule has 4 nitrogen and oxygen atoms in total. The third-order valence-electron chi connectivity index (χ3n) is 3.96. The molecule has 1 heterocycles. The van der Waals surface area contributed by atoms with E-state index in [1.165, 1.54) is 0 Å². The van der Waals surface area contributed by atoms with Gasteiger partial charge in [-0.15, -0.1) is 0 Å². The highest BCUT2D eigenvalue weighted by atomic mass is 16.2. The molecule has 0 N–H and O–H groups in total. The second-order valence-electron chi connectivity index (χ2n) is 6.91. The highest BCUT2D eigenvalue weighted by Crippen LogP contribution is 2.32. The first-order valence-electron chi connectivity index (χ1n) is 7.36. The zero-order valence-electron chi connectivity index (χ0n) is 13.5. The molecule has 0 radical (unpaired) electrons. The van der Waals surface area contributed by atoms with Gasteiger partial charge in [-0.3, -0.25) is 9.59 Å². The summed E-state index contributed by atoms with van der Waals surface area (Å²) in [6, 6.07) is 9.27. The number of hydrogen-bond acceptors (Lipinski definition) is 2. The predicted molar refractivity (Wildman–Crippen MR) is 82.7 cm³/mol. The van der Waals surface area contributed by atoms with Crippen molar-refractivity contribution < 1.29 is 9.59 Å². The van der Waals surface area contributed by atoms with Crippen LogP contribution in [0.5, 0.6) is 0 Å². The summed E-state index contributed by atoms with van der Waals surface area (Å²) in [5.74, 6) is -0.0741. The molecule has 1 fully saturated rings. The SMILES string of the molecule is C[C@H]1CN(C(=O)c2ccccc2)[C@@H](C(C)(C)C)N(C)C1=O. The molecule has 1 aromatic carbocycles. The zero-order chi connectivity index (χ0) is 15.8. The first-order valence-corrected chi connectivity index (χ1v) is 7.36. The van der Waals surface area contributed by atoms with E-state index in [2.05, 4.69) is 20.8 Å². The van der Waals surface area contributed by atoms with E-state index < -0.39 is 0 Å². The van der Waals surface area contributed by atoms with Crippen LogP contribution in [0.2, 0.25) is 0 Å². The first-order chi connectivity index (χ1) is 9.73. The standard InChI is InChI=1S/C17H24N2O2/c1-12-11-19(15(21)13-9-7-6-8-10-13)16(17(2,3)4)18(5)14(12)20/h6-10,12,16H,11H2,1-5H3/t12-,16-/m0/s1. The summed E-state index contributed by atoms with van der Waals surface area (Å²) in [4.78, 5) is 28.7. The summed E-state index contributed by atoms with van der Waals surface area (Å²) in [5, 5.41) is 0. The number of rotatable bonds is 1. The van der Waals surface area contributed by atoms with Crippen molar-refractivity contribution in [2.45, 2.75) is 33.9 Å². The Morgan fingerprint density at radius 2 is 1.76 bits per heavy atom. The minimum absolute atomic E-state index is 0.0123. The van der Waals surface area contributed by atoms with Crippen LogP contribution in [0.15, 0.2) is 30.3 Å². The minimum atomic E-state index is -0.228. The molecule has 0 saturated carbocycles. The van der Waals surface area contributed by atoms with Crippen molar-refractivity contribution in [3.05, 3.63) is 35.9 Å². The van der Waals surface area contributed by atoms with Gasteiger partial charge in [0.25, 0.3) is 5.91 Å². The Labute approximate surface area is 126 Å². The van der Waals surface area contributed by atoms with Gasteiger partial charge in [0.05, 0.1) is 5.92 Å². The Kier molecular flexibility index (Phi) is 4.08. The summed E-state index contributed by atoms with van der Waals surface area (Å²) in [5.41, 5.74) is 0.469. The van der Waals surface area contributed by atoms with Crippen LogP contribution in [0.25, 0.3) is 0 Å². The summed E-state index contributed by atoms with van der Waals surface area (Å²) in [7, 11) is 1.79. The van der Waals surface area contributed by atoms with Crippen LogP contribution in [0.3, 0.4) is 0 Å². The molecule has 21 heavy (non-hydrogen) atoms. The fourth-order valence-corrected chi connectivity index (χ4v) is 3.14. The molecule has 0 spiro atoms.